The van der Waals surface area contributed by atoms with Gasteiger partial charge >= 0.3 is 6.36 Å². The number of aromatic nitrogens is 1. The van der Waals surface area contributed by atoms with Gasteiger partial charge in [0.2, 0.25) is 10.0 Å². The van der Waals surface area contributed by atoms with Gasteiger partial charge in [-0.15, -0.1) is 13.2 Å². The molecule has 0 fully saturated rings. The summed E-state index contributed by atoms with van der Waals surface area (Å²) in [7, 11) is -3.06. The van der Waals surface area contributed by atoms with Gasteiger partial charge in [0, 0.05) is 6.07 Å². The second kappa shape index (κ2) is 4.61. The topological polar surface area (TPSA) is 91.5 Å². The van der Waals surface area contributed by atoms with Crippen LogP contribution in [0.15, 0.2) is 11.0 Å². The van der Waals surface area contributed by atoms with E-state index < -0.39 is 32.9 Å². The number of sulfonamides is 1. The predicted octanol–water partition coefficient (Wildman–Crippen LogP) is 0.945. The average Bonchev–Trinajstić information content (AvgIpc) is 2.13. The van der Waals surface area contributed by atoms with Crippen molar-refractivity contribution in [1.29, 1.82) is 0 Å². The van der Waals surface area contributed by atoms with E-state index in [9.17, 15) is 21.6 Å². The molecular weight excluding hydrogens is 277 g/mol. The minimum absolute atomic E-state index is 0.224. The highest BCUT2D eigenvalue weighted by Crippen LogP contribution is 2.32. The highest BCUT2D eigenvalue weighted by Gasteiger charge is 2.34. The Hall–Kier alpha value is -1.55. The molecule has 10 heteroatoms. The van der Waals surface area contributed by atoms with Crippen LogP contribution in [-0.4, -0.2) is 26.9 Å². The van der Waals surface area contributed by atoms with E-state index in [1.807, 2.05) is 0 Å². The second-order valence-corrected chi connectivity index (χ2v) is 4.70. The largest absolute Gasteiger partial charge is 0.574 e. The first-order valence-electron chi connectivity index (χ1n) is 4.39. The molecule has 6 nitrogen and oxygen atoms in total. The summed E-state index contributed by atoms with van der Waals surface area (Å²) in [6.45, 7) is 1.18. The average molecular weight is 286 g/mol. The van der Waals surface area contributed by atoms with Gasteiger partial charge in [-0.3, -0.25) is 0 Å². The number of hydrogen-bond acceptors (Lipinski definition) is 5. The van der Waals surface area contributed by atoms with Gasteiger partial charge in [-0.2, -0.15) is 0 Å². The number of pyridine rings is 1. The Morgan fingerprint density at radius 2 is 1.94 bits per heavy atom. The maximum absolute atomic E-state index is 12.1. The highest BCUT2D eigenvalue weighted by molar-refractivity contribution is 7.89. The van der Waals surface area contributed by atoms with Gasteiger partial charge in [0.25, 0.3) is 5.88 Å². The van der Waals surface area contributed by atoms with Crippen molar-refractivity contribution in [2.24, 2.45) is 5.14 Å². The Morgan fingerprint density at radius 3 is 2.33 bits per heavy atom. The van der Waals surface area contributed by atoms with E-state index in [0.717, 1.165) is 13.2 Å². The smallest absolute Gasteiger partial charge is 0.491 e. The van der Waals surface area contributed by atoms with Gasteiger partial charge in [-0.25, -0.2) is 18.5 Å². The van der Waals surface area contributed by atoms with Crippen molar-refractivity contribution in [1.82, 2.24) is 4.98 Å². The number of methoxy groups -OCH3 is 1. The number of halogens is 3. The molecule has 0 spiro atoms. The van der Waals surface area contributed by atoms with Gasteiger partial charge in [-0.05, 0) is 6.92 Å². The summed E-state index contributed by atoms with van der Waals surface area (Å²) < 4.78 is 66.6. The molecule has 0 aliphatic heterocycles. The summed E-state index contributed by atoms with van der Waals surface area (Å²) in [5.41, 5.74) is -0.224. The molecule has 0 saturated carbocycles. The first kappa shape index (κ1) is 14.5. The SMILES string of the molecule is COc1cc(S(N)(=O)=O)c(C)nc1OC(F)(F)F. The lowest BCUT2D eigenvalue weighted by atomic mass is 10.3. The lowest BCUT2D eigenvalue weighted by molar-refractivity contribution is -0.276. The van der Waals surface area contributed by atoms with Crippen molar-refractivity contribution < 1.29 is 31.1 Å². The quantitative estimate of drug-likeness (QED) is 0.893. The Bertz CT molecular complexity index is 556. The second-order valence-electron chi connectivity index (χ2n) is 3.17. The zero-order valence-electron chi connectivity index (χ0n) is 9.28. The standard InChI is InChI=1S/C8H9F3N2O4S/c1-4-6(18(12,14)15)3-5(16-2)7(13-4)17-8(9,10)11/h3H,1-2H3,(H2,12,14,15). The predicted molar refractivity (Wildman–Crippen MR) is 53.6 cm³/mol. The van der Waals surface area contributed by atoms with Crippen LogP contribution in [0.5, 0.6) is 11.6 Å². The molecule has 0 saturated heterocycles. The molecule has 102 valence electrons. The molecule has 1 aromatic rings. The number of nitrogens with zero attached hydrogens (tertiary/aromatic N) is 1. The zero-order valence-corrected chi connectivity index (χ0v) is 10.1. The Balaban J connectivity index is 3.37. The van der Waals surface area contributed by atoms with E-state index in [1.54, 1.807) is 0 Å². The van der Waals surface area contributed by atoms with Crippen LogP contribution < -0.4 is 14.6 Å². The van der Waals surface area contributed by atoms with E-state index in [4.69, 9.17) is 5.14 Å². The third kappa shape index (κ3) is 3.47. The van der Waals surface area contributed by atoms with Crippen LogP contribution in [0.25, 0.3) is 0 Å². The number of rotatable bonds is 3. The van der Waals surface area contributed by atoms with E-state index in [0.29, 0.717) is 0 Å². The molecule has 0 aliphatic rings. The first-order chi connectivity index (χ1) is 8.04. The molecule has 0 radical (unpaired) electrons. The van der Waals surface area contributed by atoms with Crippen molar-refractivity contribution in [3.05, 3.63) is 11.8 Å². The van der Waals surface area contributed by atoms with Crippen LogP contribution in [0.1, 0.15) is 5.69 Å². The van der Waals surface area contributed by atoms with Crippen molar-refractivity contribution in [3.63, 3.8) is 0 Å². The summed E-state index contributed by atoms with van der Waals surface area (Å²) in [4.78, 5) is 2.93. The minimum Gasteiger partial charge on any atom is -0.491 e. The third-order valence-corrected chi connectivity index (χ3v) is 2.86. The Morgan fingerprint density at radius 1 is 1.39 bits per heavy atom. The van der Waals surface area contributed by atoms with Gasteiger partial charge in [0.05, 0.1) is 12.8 Å². The molecule has 0 aliphatic carbocycles. The summed E-state index contributed by atoms with van der Waals surface area (Å²) in [5, 5.41) is 4.87. The lowest BCUT2D eigenvalue weighted by Crippen LogP contribution is -2.20. The summed E-state index contributed by atoms with van der Waals surface area (Å²) in [6.07, 6.45) is -4.96. The van der Waals surface area contributed by atoms with Crippen molar-refractivity contribution in [3.8, 4) is 11.6 Å². The number of nitrogens with two attached hydrogens (primary N) is 1. The summed E-state index contributed by atoms with van der Waals surface area (Å²) in [6, 6.07) is 0.818. The summed E-state index contributed by atoms with van der Waals surface area (Å²) >= 11 is 0. The summed E-state index contributed by atoms with van der Waals surface area (Å²) in [5.74, 6) is -1.36. The molecular formula is C8H9F3N2O4S. The van der Waals surface area contributed by atoms with Gasteiger partial charge in [0.1, 0.15) is 4.90 Å². The fourth-order valence-electron chi connectivity index (χ4n) is 1.16. The van der Waals surface area contributed by atoms with Gasteiger partial charge in [-0.1, -0.05) is 0 Å². The minimum atomic E-state index is -4.96. The maximum Gasteiger partial charge on any atom is 0.574 e. The van der Waals surface area contributed by atoms with Crippen molar-refractivity contribution in [2.75, 3.05) is 7.11 Å². The molecule has 0 bridgehead atoms. The van der Waals surface area contributed by atoms with Crippen LogP contribution in [0.3, 0.4) is 0 Å². The maximum atomic E-state index is 12.1. The van der Waals surface area contributed by atoms with Crippen LogP contribution in [0.4, 0.5) is 13.2 Å². The van der Waals surface area contributed by atoms with Crippen LogP contribution in [0.2, 0.25) is 0 Å². The van der Waals surface area contributed by atoms with Crippen molar-refractivity contribution in [2.45, 2.75) is 18.2 Å². The lowest BCUT2D eigenvalue weighted by Gasteiger charge is -2.13. The molecule has 0 aromatic carbocycles. The number of alkyl halides is 3. The van der Waals surface area contributed by atoms with Crippen LogP contribution in [0, 0.1) is 6.92 Å². The van der Waals surface area contributed by atoms with Gasteiger partial charge in [0.15, 0.2) is 5.75 Å². The first-order valence-corrected chi connectivity index (χ1v) is 5.93. The number of aryl methyl sites for hydroxylation is 1. The molecule has 1 rings (SSSR count). The van der Waals surface area contributed by atoms with Crippen LogP contribution in [-0.2, 0) is 10.0 Å². The molecule has 18 heavy (non-hydrogen) atoms. The highest BCUT2D eigenvalue weighted by atomic mass is 32.2. The van der Waals surface area contributed by atoms with Gasteiger partial charge < -0.3 is 9.47 Å². The van der Waals surface area contributed by atoms with E-state index in [1.165, 1.54) is 6.92 Å². The Kier molecular flexibility index (Phi) is 3.72. The van der Waals surface area contributed by atoms with Crippen molar-refractivity contribution >= 4 is 10.0 Å². The number of ether oxygens (including phenoxy) is 2. The van der Waals surface area contributed by atoms with Crippen LogP contribution >= 0.6 is 0 Å². The normalized spacial score (nSPS) is 12.3. The van der Waals surface area contributed by atoms with E-state index >= 15 is 0 Å². The number of hydrogen-bond donors (Lipinski definition) is 1. The zero-order chi connectivity index (χ0) is 14.1. The third-order valence-electron chi connectivity index (χ3n) is 1.84. The Labute approximate surface area is 101 Å². The monoisotopic (exact) mass is 286 g/mol. The fourth-order valence-corrected chi connectivity index (χ4v) is 1.89. The van der Waals surface area contributed by atoms with E-state index in [-0.39, 0.29) is 5.69 Å². The molecule has 1 heterocycles. The molecule has 2 N–H and O–H groups in total. The number of primary sulfonamides is 1. The molecule has 0 amide bonds. The molecule has 1 aromatic heterocycles. The van der Waals surface area contributed by atoms with E-state index in [2.05, 4.69) is 14.5 Å². The molecule has 0 atom stereocenters. The molecule has 0 unspecified atom stereocenters. The fraction of sp³-hybridized carbons (Fsp3) is 0.375.